The van der Waals surface area contributed by atoms with Crippen molar-refractivity contribution in [2.24, 2.45) is 5.92 Å². The van der Waals surface area contributed by atoms with E-state index in [0.717, 1.165) is 34.3 Å². The van der Waals surface area contributed by atoms with Crippen LogP contribution in [-0.4, -0.2) is 41.7 Å². The van der Waals surface area contributed by atoms with Crippen LogP contribution in [0.4, 0.5) is 9.52 Å². The van der Waals surface area contributed by atoms with E-state index in [0.29, 0.717) is 24.5 Å². The number of halogens is 1. The minimum Gasteiger partial charge on any atom is -0.360 e. The van der Waals surface area contributed by atoms with Gasteiger partial charge in [-0.1, -0.05) is 18.2 Å². The topological polar surface area (TPSA) is 95.2 Å². The molecule has 0 bridgehead atoms. The van der Waals surface area contributed by atoms with Crippen LogP contribution in [0.2, 0.25) is 0 Å². The van der Waals surface area contributed by atoms with E-state index >= 15 is 0 Å². The zero-order valence-corrected chi connectivity index (χ0v) is 19.1. The molecule has 0 aliphatic carbocycles. The molecule has 2 aromatic heterocycles. The summed E-state index contributed by atoms with van der Waals surface area (Å²) in [4.78, 5) is 20.7. The summed E-state index contributed by atoms with van der Waals surface area (Å²) >= 11 is 1.33. The first-order valence-corrected chi connectivity index (χ1v) is 12.8. The second-order valence-electron chi connectivity index (χ2n) is 7.93. The van der Waals surface area contributed by atoms with Gasteiger partial charge in [-0.15, -0.1) is 11.3 Å². The third kappa shape index (κ3) is 4.29. The molecule has 3 heterocycles. The van der Waals surface area contributed by atoms with E-state index in [2.05, 4.69) is 15.3 Å². The van der Waals surface area contributed by atoms with Crippen molar-refractivity contribution in [1.29, 1.82) is 0 Å². The Hall–Kier alpha value is -3.08. The molecule has 1 aliphatic heterocycles. The Morgan fingerprint density at radius 2 is 1.97 bits per heavy atom. The van der Waals surface area contributed by atoms with Crippen molar-refractivity contribution in [3.05, 3.63) is 65.9 Å². The van der Waals surface area contributed by atoms with Crippen LogP contribution in [0.25, 0.3) is 22.2 Å². The number of anilines is 1. The van der Waals surface area contributed by atoms with Crippen LogP contribution in [-0.2, 0) is 14.8 Å². The van der Waals surface area contributed by atoms with Crippen molar-refractivity contribution in [2.75, 3.05) is 18.4 Å². The maximum Gasteiger partial charge on any atom is 0.243 e. The number of aromatic amines is 1. The second-order valence-corrected chi connectivity index (χ2v) is 10.7. The number of thiazole rings is 1. The van der Waals surface area contributed by atoms with Crippen molar-refractivity contribution in [3.63, 3.8) is 0 Å². The standard InChI is InChI=1S/C23H21FN4O3S2/c24-16-7-9-17(10-8-16)33(30,31)28-11-3-4-15(13-28)22(29)27-23-26-21(14-32-23)19-12-25-20-6-2-1-5-18(19)20/h1-2,5-10,12,14-15,25H,3-4,11,13H2,(H,26,27,29). The molecule has 2 N–H and O–H groups in total. The summed E-state index contributed by atoms with van der Waals surface area (Å²) in [5.41, 5.74) is 2.73. The van der Waals surface area contributed by atoms with Gasteiger partial charge in [0.15, 0.2) is 5.13 Å². The number of nitrogens with one attached hydrogen (secondary N) is 2. The van der Waals surface area contributed by atoms with Gasteiger partial charge in [-0.05, 0) is 43.2 Å². The number of amides is 1. The fourth-order valence-electron chi connectivity index (χ4n) is 4.08. The molecule has 170 valence electrons. The van der Waals surface area contributed by atoms with Crippen molar-refractivity contribution < 1.29 is 17.6 Å². The van der Waals surface area contributed by atoms with Crippen LogP contribution in [0.1, 0.15) is 12.8 Å². The van der Waals surface area contributed by atoms with E-state index in [1.807, 2.05) is 35.8 Å². The summed E-state index contributed by atoms with van der Waals surface area (Å²) in [6.45, 7) is 0.400. The molecule has 0 radical (unpaired) electrons. The smallest absolute Gasteiger partial charge is 0.243 e. The molecule has 1 unspecified atom stereocenters. The lowest BCUT2D eigenvalue weighted by molar-refractivity contribution is -0.120. The molecule has 0 saturated carbocycles. The molecule has 1 amide bonds. The molecular weight excluding hydrogens is 463 g/mol. The molecule has 7 nitrogen and oxygen atoms in total. The molecule has 5 rings (SSSR count). The minimum atomic E-state index is -3.79. The molecular formula is C23H21FN4O3S2. The first-order chi connectivity index (χ1) is 15.9. The van der Waals surface area contributed by atoms with Crippen LogP contribution in [0.5, 0.6) is 0 Å². The monoisotopic (exact) mass is 484 g/mol. The minimum absolute atomic E-state index is 0.0215. The number of carbonyl (C=O) groups excluding carboxylic acids is 1. The predicted octanol–water partition coefficient (Wildman–Crippen LogP) is 4.47. The summed E-state index contributed by atoms with van der Waals surface area (Å²) in [6.07, 6.45) is 3.05. The SMILES string of the molecule is O=C(Nc1nc(-c2c[nH]c3ccccc23)cs1)C1CCCN(S(=O)(=O)c2ccc(F)cc2)C1. The molecule has 33 heavy (non-hydrogen) atoms. The average Bonchev–Trinajstić information content (AvgIpc) is 3.46. The highest BCUT2D eigenvalue weighted by molar-refractivity contribution is 7.89. The lowest BCUT2D eigenvalue weighted by Crippen LogP contribution is -2.43. The normalized spacial score (nSPS) is 17.3. The number of para-hydroxylation sites is 1. The fraction of sp³-hybridized carbons (Fsp3) is 0.217. The molecule has 0 spiro atoms. The number of rotatable bonds is 5. The van der Waals surface area contributed by atoms with E-state index in [1.165, 1.54) is 27.8 Å². The Balaban J connectivity index is 1.29. The summed E-state index contributed by atoms with van der Waals surface area (Å²) in [6, 6.07) is 12.7. The van der Waals surface area contributed by atoms with Gasteiger partial charge < -0.3 is 10.3 Å². The number of hydrogen-bond donors (Lipinski definition) is 2. The number of hydrogen-bond acceptors (Lipinski definition) is 5. The summed E-state index contributed by atoms with van der Waals surface area (Å²) in [5.74, 6) is -1.25. The highest BCUT2D eigenvalue weighted by Crippen LogP contribution is 2.31. The van der Waals surface area contributed by atoms with Gasteiger partial charge in [0.2, 0.25) is 15.9 Å². The Kier molecular flexibility index (Phi) is 5.73. The van der Waals surface area contributed by atoms with Gasteiger partial charge in [-0.25, -0.2) is 17.8 Å². The molecule has 1 fully saturated rings. The molecule has 1 aliphatic rings. The first-order valence-electron chi connectivity index (χ1n) is 10.5. The maximum absolute atomic E-state index is 13.2. The van der Waals surface area contributed by atoms with Gasteiger partial charge in [-0.3, -0.25) is 4.79 Å². The Bertz CT molecular complexity index is 1410. The Morgan fingerprint density at radius 1 is 1.18 bits per heavy atom. The summed E-state index contributed by atoms with van der Waals surface area (Å²) in [5, 5.41) is 6.26. The van der Waals surface area contributed by atoms with E-state index in [9.17, 15) is 17.6 Å². The van der Waals surface area contributed by atoms with E-state index in [4.69, 9.17) is 0 Å². The zero-order valence-electron chi connectivity index (χ0n) is 17.5. The van der Waals surface area contributed by atoms with Gasteiger partial charge in [-0.2, -0.15) is 4.31 Å². The van der Waals surface area contributed by atoms with E-state index in [-0.39, 0.29) is 17.3 Å². The van der Waals surface area contributed by atoms with Gasteiger partial charge in [0, 0.05) is 41.1 Å². The highest BCUT2D eigenvalue weighted by atomic mass is 32.2. The number of fused-ring (bicyclic) bond motifs is 1. The highest BCUT2D eigenvalue weighted by Gasteiger charge is 2.33. The number of aromatic nitrogens is 2. The van der Waals surface area contributed by atoms with E-state index in [1.54, 1.807) is 0 Å². The summed E-state index contributed by atoms with van der Waals surface area (Å²) in [7, 11) is -3.79. The van der Waals surface area contributed by atoms with Crippen LogP contribution >= 0.6 is 11.3 Å². The first kappa shape index (κ1) is 21.7. The third-order valence-corrected chi connectivity index (χ3v) is 8.44. The second kappa shape index (κ2) is 8.69. The van der Waals surface area contributed by atoms with Crippen LogP contribution in [0.3, 0.4) is 0 Å². The quantitative estimate of drug-likeness (QED) is 0.437. The van der Waals surface area contributed by atoms with Crippen LogP contribution < -0.4 is 5.32 Å². The van der Waals surface area contributed by atoms with Crippen molar-refractivity contribution >= 4 is 43.3 Å². The van der Waals surface area contributed by atoms with Gasteiger partial charge in [0.05, 0.1) is 16.5 Å². The molecule has 2 aromatic carbocycles. The lowest BCUT2D eigenvalue weighted by Gasteiger charge is -2.31. The average molecular weight is 485 g/mol. The van der Waals surface area contributed by atoms with Crippen LogP contribution in [0, 0.1) is 11.7 Å². The van der Waals surface area contributed by atoms with Gasteiger partial charge >= 0.3 is 0 Å². The third-order valence-electron chi connectivity index (χ3n) is 5.81. The predicted molar refractivity (Wildman–Crippen MR) is 126 cm³/mol. The van der Waals surface area contributed by atoms with Crippen molar-refractivity contribution in [2.45, 2.75) is 17.7 Å². The lowest BCUT2D eigenvalue weighted by atomic mass is 9.99. The maximum atomic E-state index is 13.2. The summed E-state index contributed by atoms with van der Waals surface area (Å²) < 4.78 is 40.3. The largest absolute Gasteiger partial charge is 0.360 e. The van der Waals surface area contributed by atoms with E-state index < -0.39 is 21.8 Å². The Morgan fingerprint density at radius 3 is 2.79 bits per heavy atom. The number of benzene rings is 2. The van der Waals surface area contributed by atoms with Crippen molar-refractivity contribution in [1.82, 2.24) is 14.3 Å². The Labute approximate surface area is 194 Å². The number of nitrogens with zero attached hydrogens (tertiary/aromatic N) is 2. The van der Waals surface area contributed by atoms with Crippen LogP contribution in [0.15, 0.2) is 65.0 Å². The number of carbonyl (C=O) groups is 1. The molecule has 1 saturated heterocycles. The zero-order chi connectivity index (χ0) is 23.0. The fourth-order valence-corrected chi connectivity index (χ4v) is 6.31. The van der Waals surface area contributed by atoms with Gasteiger partial charge in [0.25, 0.3) is 0 Å². The number of sulfonamides is 1. The van der Waals surface area contributed by atoms with Crippen molar-refractivity contribution in [3.8, 4) is 11.3 Å². The van der Waals surface area contributed by atoms with Gasteiger partial charge in [0.1, 0.15) is 5.82 Å². The molecule has 1 atom stereocenters. The number of piperidine rings is 1. The number of H-pyrrole nitrogens is 1. The molecule has 10 heteroatoms. The molecule has 4 aromatic rings.